The van der Waals surface area contributed by atoms with Gasteiger partial charge in [-0.1, -0.05) is 11.8 Å². The summed E-state index contributed by atoms with van der Waals surface area (Å²) in [6, 6.07) is 1.76. The minimum absolute atomic E-state index is 0.0295. The van der Waals surface area contributed by atoms with Gasteiger partial charge in [0.25, 0.3) is 11.1 Å². The average molecular weight is 414 g/mol. The normalized spacial score (nSPS) is 19.1. The molecule has 1 fully saturated rings. The number of nitrogens with zero attached hydrogens (tertiary/aromatic N) is 3. The fourth-order valence-electron chi connectivity index (χ4n) is 3.48. The van der Waals surface area contributed by atoms with E-state index in [2.05, 4.69) is 10.2 Å². The zero-order chi connectivity index (χ0) is 19.8. The molecule has 0 amide bonds. The van der Waals surface area contributed by atoms with Crippen LogP contribution >= 0.6 is 11.8 Å². The molecule has 0 saturated carbocycles. The molecule has 8 nitrogen and oxygen atoms in total. The van der Waals surface area contributed by atoms with Gasteiger partial charge in [0.15, 0.2) is 22.2 Å². The Morgan fingerprint density at radius 2 is 2.11 bits per heavy atom. The Labute approximate surface area is 163 Å². The number of aromatic nitrogens is 3. The molecule has 1 saturated heterocycles. The van der Waals surface area contributed by atoms with Crippen molar-refractivity contribution >= 4 is 27.4 Å². The lowest BCUT2D eigenvalue weighted by Crippen LogP contribution is -3.04. The van der Waals surface area contributed by atoms with Gasteiger partial charge in [-0.2, -0.15) is 0 Å². The van der Waals surface area contributed by atoms with Crippen LogP contribution in [0, 0.1) is 13.8 Å². The van der Waals surface area contributed by atoms with E-state index in [0.29, 0.717) is 29.6 Å². The molecule has 2 aromatic heterocycles. The SMILES string of the molecule is Cc1cc(C(=O)CSc2nnc(C[NH+](C)C)o2)c(C)n1[C@H]1CCS(=O)(=O)C1. The standard InChI is InChI=1S/C17H24N4O4S2/c1-11-7-14(12(2)21(11)13-5-6-27(23,24)10-13)15(22)9-26-17-19-18-16(25-17)8-20(3)4/h7,13H,5-6,8-10H2,1-4H3/p+1/t13-/m0/s1. The molecule has 1 atom stereocenters. The monoisotopic (exact) mass is 413 g/mol. The van der Waals surface area contributed by atoms with Gasteiger partial charge in [0.2, 0.25) is 0 Å². The van der Waals surface area contributed by atoms with Crippen LogP contribution in [0.2, 0.25) is 0 Å². The maximum Gasteiger partial charge on any atom is 0.277 e. The van der Waals surface area contributed by atoms with E-state index >= 15 is 0 Å². The molecule has 1 aliphatic rings. The second kappa shape index (κ2) is 7.76. The first-order valence-electron chi connectivity index (χ1n) is 8.82. The number of ketones is 1. The molecular weight excluding hydrogens is 388 g/mol. The summed E-state index contributed by atoms with van der Waals surface area (Å²) in [5, 5.41) is 8.33. The Bertz CT molecular complexity index is 946. The van der Waals surface area contributed by atoms with E-state index in [1.807, 2.05) is 38.6 Å². The van der Waals surface area contributed by atoms with Crippen molar-refractivity contribution < 1.29 is 22.5 Å². The van der Waals surface area contributed by atoms with Crippen molar-refractivity contribution in [2.24, 2.45) is 0 Å². The number of Topliss-reactive ketones (excluding diaryl/α,β-unsaturated/α-hetero) is 1. The maximum atomic E-state index is 12.7. The molecule has 0 radical (unpaired) electrons. The summed E-state index contributed by atoms with van der Waals surface area (Å²) in [6.45, 7) is 4.42. The third-order valence-electron chi connectivity index (χ3n) is 4.64. The van der Waals surface area contributed by atoms with Gasteiger partial charge in [-0.3, -0.25) is 4.79 Å². The van der Waals surface area contributed by atoms with Crippen LogP contribution in [0.3, 0.4) is 0 Å². The van der Waals surface area contributed by atoms with Crippen LogP contribution in [-0.2, 0) is 16.4 Å². The van der Waals surface area contributed by atoms with Gasteiger partial charge in [-0.25, -0.2) is 8.42 Å². The smallest absolute Gasteiger partial charge is 0.277 e. The minimum atomic E-state index is -2.98. The number of quaternary nitrogens is 1. The highest BCUT2D eigenvalue weighted by molar-refractivity contribution is 7.99. The summed E-state index contributed by atoms with van der Waals surface area (Å²) >= 11 is 1.22. The van der Waals surface area contributed by atoms with E-state index < -0.39 is 9.84 Å². The molecule has 148 valence electrons. The molecule has 3 heterocycles. The first-order chi connectivity index (χ1) is 12.7. The number of nitrogens with one attached hydrogen (secondary N) is 1. The van der Waals surface area contributed by atoms with Crippen molar-refractivity contribution in [2.45, 2.75) is 38.1 Å². The number of thioether (sulfide) groups is 1. The molecule has 2 aromatic rings. The van der Waals surface area contributed by atoms with Gasteiger partial charge >= 0.3 is 0 Å². The van der Waals surface area contributed by atoms with Crippen molar-refractivity contribution in [1.82, 2.24) is 14.8 Å². The van der Waals surface area contributed by atoms with E-state index in [0.717, 1.165) is 11.4 Å². The molecule has 27 heavy (non-hydrogen) atoms. The van der Waals surface area contributed by atoms with Crippen LogP contribution in [-0.4, -0.2) is 60.3 Å². The Kier molecular flexibility index (Phi) is 5.78. The van der Waals surface area contributed by atoms with E-state index in [4.69, 9.17) is 4.42 Å². The molecule has 3 rings (SSSR count). The maximum absolute atomic E-state index is 12.7. The first-order valence-corrected chi connectivity index (χ1v) is 11.6. The highest BCUT2D eigenvalue weighted by Gasteiger charge is 2.31. The predicted molar refractivity (Wildman–Crippen MR) is 102 cm³/mol. The zero-order valence-corrected chi connectivity index (χ0v) is 17.6. The third kappa shape index (κ3) is 4.61. The second-order valence-electron chi connectivity index (χ2n) is 7.27. The third-order valence-corrected chi connectivity index (χ3v) is 7.21. The Balaban J connectivity index is 1.69. The van der Waals surface area contributed by atoms with Crippen molar-refractivity contribution in [1.29, 1.82) is 0 Å². The van der Waals surface area contributed by atoms with Gasteiger partial charge < -0.3 is 13.9 Å². The minimum Gasteiger partial charge on any atom is -0.410 e. The van der Waals surface area contributed by atoms with Crippen molar-refractivity contribution in [3.8, 4) is 0 Å². The van der Waals surface area contributed by atoms with Gasteiger partial charge in [0, 0.05) is 23.0 Å². The Morgan fingerprint density at radius 3 is 2.74 bits per heavy atom. The number of rotatable bonds is 7. The number of hydrogen-bond acceptors (Lipinski definition) is 7. The molecule has 1 N–H and O–H groups in total. The summed E-state index contributed by atoms with van der Waals surface area (Å²) < 4.78 is 31.1. The number of hydrogen-bond donors (Lipinski definition) is 1. The summed E-state index contributed by atoms with van der Waals surface area (Å²) in [6.07, 6.45) is 0.597. The molecule has 0 bridgehead atoms. The lowest BCUT2D eigenvalue weighted by atomic mass is 10.2. The molecule has 1 aliphatic heterocycles. The topological polar surface area (TPSA) is 99.5 Å². The van der Waals surface area contributed by atoms with Gasteiger partial charge in [0.05, 0.1) is 31.4 Å². The molecule has 0 aromatic carbocycles. The largest absolute Gasteiger partial charge is 0.410 e. The molecule has 0 aliphatic carbocycles. The first kappa shape index (κ1) is 20.1. The molecular formula is C17H25N4O4S2+. The van der Waals surface area contributed by atoms with Gasteiger partial charge in [0.1, 0.15) is 0 Å². The van der Waals surface area contributed by atoms with E-state index in [1.165, 1.54) is 16.7 Å². The van der Waals surface area contributed by atoms with Crippen LogP contribution in [0.25, 0.3) is 0 Å². The fourth-order valence-corrected chi connectivity index (χ4v) is 5.84. The van der Waals surface area contributed by atoms with Crippen LogP contribution in [0.15, 0.2) is 15.7 Å². The van der Waals surface area contributed by atoms with E-state index in [1.54, 1.807) is 0 Å². The quantitative estimate of drug-likeness (QED) is 0.520. The van der Waals surface area contributed by atoms with Crippen LogP contribution in [0.1, 0.15) is 40.1 Å². The number of aryl methyl sites for hydroxylation is 1. The highest BCUT2D eigenvalue weighted by atomic mass is 32.2. The Hall–Kier alpha value is -1.65. The second-order valence-corrected chi connectivity index (χ2v) is 10.4. The van der Waals surface area contributed by atoms with Gasteiger partial charge in [-0.15, -0.1) is 10.2 Å². The van der Waals surface area contributed by atoms with Crippen molar-refractivity contribution in [3.63, 3.8) is 0 Å². The van der Waals surface area contributed by atoms with Gasteiger partial charge in [-0.05, 0) is 26.3 Å². The zero-order valence-electron chi connectivity index (χ0n) is 16.0. The lowest BCUT2D eigenvalue weighted by Gasteiger charge is -2.16. The van der Waals surface area contributed by atoms with Crippen molar-refractivity contribution in [3.05, 3.63) is 28.9 Å². The number of carbonyl (C=O) groups excluding carboxylic acids is 1. The van der Waals surface area contributed by atoms with Crippen molar-refractivity contribution in [2.75, 3.05) is 31.4 Å². The average Bonchev–Trinajstić information content (AvgIpc) is 3.23. The Morgan fingerprint density at radius 1 is 1.37 bits per heavy atom. The fraction of sp³-hybridized carbons (Fsp3) is 0.588. The molecule has 0 spiro atoms. The summed E-state index contributed by atoms with van der Waals surface area (Å²) in [5.74, 6) is 1.07. The summed E-state index contributed by atoms with van der Waals surface area (Å²) in [5.41, 5.74) is 2.36. The molecule has 10 heteroatoms. The highest BCUT2D eigenvalue weighted by Crippen LogP contribution is 2.30. The molecule has 0 unspecified atom stereocenters. The number of carbonyl (C=O) groups is 1. The van der Waals surface area contributed by atoms with E-state index in [9.17, 15) is 13.2 Å². The van der Waals surface area contributed by atoms with E-state index in [-0.39, 0.29) is 29.1 Å². The van der Waals surface area contributed by atoms with Crippen LogP contribution in [0.5, 0.6) is 0 Å². The number of sulfone groups is 1. The summed E-state index contributed by atoms with van der Waals surface area (Å²) in [4.78, 5) is 13.9. The lowest BCUT2D eigenvalue weighted by molar-refractivity contribution is -0.874. The van der Waals surface area contributed by atoms with Crippen LogP contribution in [0.4, 0.5) is 0 Å². The predicted octanol–water partition coefficient (Wildman–Crippen LogP) is 0.467. The summed E-state index contributed by atoms with van der Waals surface area (Å²) in [7, 11) is 1.00. The van der Waals surface area contributed by atoms with Crippen LogP contribution < -0.4 is 4.90 Å².